The molecule has 5 rings (SSSR count). The van der Waals surface area contributed by atoms with Crippen molar-refractivity contribution in [2.75, 3.05) is 23.8 Å². The van der Waals surface area contributed by atoms with Crippen LogP contribution in [0, 0.1) is 0 Å². The minimum absolute atomic E-state index is 0.0247. The van der Waals surface area contributed by atoms with Crippen molar-refractivity contribution in [2.45, 2.75) is 37.1 Å². The lowest BCUT2D eigenvalue weighted by Gasteiger charge is -2.31. The first kappa shape index (κ1) is 23.8. The molecular weight excluding hydrogens is 460 g/mol. The molecule has 36 heavy (non-hydrogen) atoms. The lowest BCUT2D eigenvalue weighted by atomic mass is 9.75. The Kier molecular flexibility index (Phi) is 6.13. The second-order valence-corrected chi connectivity index (χ2v) is 9.59. The molecule has 0 saturated carbocycles. The molecule has 3 N–H and O–H groups in total. The van der Waals surface area contributed by atoms with E-state index < -0.39 is 11.5 Å². The maximum atomic E-state index is 13.5. The summed E-state index contributed by atoms with van der Waals surface area (Å²) in [7, 11) is 3.58. The number of aromatic nitrogens is 3. The van der Waals surface area contributed by atoms with Gasteiger partial charge >= 0.3 is 0 Å². The molecule has 1 fully saturated rings. The summed E-state index contributed by atoms with van der Waals surface area (Å²) in [6, 6.07) is 8.17. The van der Waals surface area contributed by atoms with Crippen molar-refractivity contribution in [1.29, 1.82) is 0 Å². The maximum absolute atomic E-state index is 13.5. The van der Waals surface area contributed by atoms with Crippen LogP contribution >= 0.6 is 0 Å². The molecule has 188 valence electrons. The lowest BCUT2D eigenvalue weighted by Crippen LogP contribution is -2.47. The van der Waals surface area contributed by atoms with Gasteiger partial charge in [-0.25, -0.2) is 0 Å². The molecule has 3 amide bonds. The number of carbonyl (C=O) groups is 3. The SMILES string of the molecule is CC(c1ccn(C)c1)C(NC(=O)c1ccnn1C)C(=O)Nc1ccc2c(c1)NC(=O)C21CCOCC1. The van der Waals surface area contributed by atoms with Crippen LogP contribution in [-0.2, 0) is 33.8 Å². The number of hydrogen-bond acceptors (Lipinski definition) is 5. The van der Waals surface area contributed by atoms with E-state index in [1.54, 1.807) is 25.2 Å². The maximum Gasteiger partial charge on any atom is 0.270 e. The number of amides is 3. The molecule has 2 aromatic heterocycles. The molecule has 4 heterocycles. The van der Waals surface area contributed by atoms with Gasteiger partial charge in [0.25, 0.3) is 5.91 Å². The van der Waals surface area contributed by atoms with Gasteiger partial charge in [0.2, 0.25) is 11.8 Å². The molecule has 2 aliphatic rings. The zero-order chi connectivity index (χ0) is 25.4. The molecule has 0 bridgehead atoms. The fourth-order valence-corrected chi connectivity index (χ4v) is 5.16. The van der Waals surface area contributed by atoms with E-state index >= 15 is 0 Å². The predicted molar refractivity (Wildman–Crippen MR) is 134 cm³/mol. The third-order valence-corrected chi connectivity index (χ3v) is 7.34. The number of nitrogens with one attached hydrogen (secondary N) is 3. The third-order valence-electron chi connectivity index (χ3n) is 7.34. The van der Waals surface area contributed by atoms with Gasteiger partial charge in [-0.05, 0) is 48.2 Å². The van der Waals surface area contributed by atoms with Crippen molar-refractivity contribution >= 4 is 29.1 Å². The molecule has 10 heteroatoms. The highest BCUT2D eigenvalue weighted by Gasteiger charge is 2.47. The van der Waals surface area contributed by atoms with Crippen LogP contribution in [0.2, 0.25) is 0 Å². The minimum atomic E-state index is -0.848. The fraction of sp³-hybridized carbons (Fsp3) is 0.385. The number of carbonyl (C=O) groups excluding carboxylic acids is 3. The van der Waals surface area contributed by atoms with E-state index in [0.717, 1.165) is 11.1 Å². The van der Waals surface area contributed by atoms with Crippen LogP contribution in [0.1, 0.15) is 47.3 Å². The van der Waals surface area contributed by atoms with Crippen molar-refractivity contribution < 1.29 is 19.1 Å². The van der Waals surface area contributed by atoms with Gasteiger partial charge in [-0.3, -0.25) is 19.1 Å². The van der Waals surface area contributed by atoms with Gasteiger partial charge in [0.05, 0.1) is 5.41 Å². The topological polar surface area (TPSA) is 119 Å². The van der Waals surface area contributed by atoms with Crippen molar-refractivity contribution in [3.8, 4) is 0 Å². The smallest absolute Gasteiger partial charge is 0.270 e. The molecule has 0 aliphatic carbocycles. The molecule has 2 aliphatic heterocycles. The molecule has 3 aromatic rings. The number of ether oxygens (including phenoxy) is 1. The Labute approximate surface area is 209 Å². The summed E-state index contributed by atoms with van der Waals surface area (Å²) in [5.41, 5.74) is 2.89. The van der Waals surface area contributed by atoms with Gasteiger partial charge in [0.15, 0.2) is 0 Å². The summed E-state index contributed by atoms with van der Waals surface area (Å²) in [4.78, 5) is 39.4. The molecule has 2 unspecified atom stereocenters. The molecule has 1 saturated heterocycles. The van der Waals surface area contributed by atoms with E-state index in [4.69, 9.17) is 4.74 Å². The third kappa shape index (κ3) is 4.17. The lowest BCUT2D eigenvalue weighted by molar-refractivity contribution is -0.124. The van der Waals surface area contributed by atoms with Crippen molar-refractivity contribution in [1.82, 2.24) is 19.7 Å². The Bertz CT molecular complexity index is 1320. The predicted octanol–water partition coefficient (Wildman–Crippen LogP) is 2.30. The first-order valence-corrected chi connectivity index (χ1v) is 12.0. The number of aryl methyl sites for hydroxylation is 2. The normalized spacial score (nSPS) is 17.8. The number of fused-ring (bicyclic) bond motifs is 2. The number of rotatable bonds is 6. The van der Waals surface area contributed by atoms with Gasteiger partial charge in [-0.2, -0.15) is 5.10 Å². The summed E-state index contributed by atoms with van der Waals surface area (Å²) in [6.07, 6.45) is 6.63. The number of nitrogens with zero attached hydrogens (tertiary/aromatic N) is 3. The zero-order valence-electron chi connectivity index (χ0n) is 20.6. The monoisotopic (exact) mass is 490 g/mol. The van der Waals surface area contributed by atoms with E-state index in [1.165, 1.54) is 10.9 Å². The molecule has 1 aromatic carbocycles. The number of anilines is 2. The van der Waals surface area contributed by atoms with Gasteiger partial charge in [-0.15, -0.1) is 0 Å². The van der Waals surface area contributed by atoms with Crippen LogP contribution in [0.3, 0.4) is 0 Å². The van der Waals surface area contributed by atoms with Crippen LogP contribution in [0.25, 0.3) is 0 Å². The van der Waals surface area contributed by atoms with Crippen LogP contribution in [-0.4, -0.2) is 51.3 Å². The molecule has 10 nitrogen and oxygen atoms in total. The Hall–Kier alpha value is -3.92. The molecule has 1 spiro atoms. The largest absolute Gasteiger partial charge is 0.381 e. The second kappa shape index (κ2) is 9.27. The van der Waals surface area contributed by atoms with Crippen LogP contribution in [0.5, 0.6) is 0 Å². The highest BCUT2D eigenvalue weighted by molar-refractivity contribution is 6.07. The summed E-state index contributed by atoms with van der Waals surface area (Å²) >= 11 is 0. The summed E-state index contributed by atoms with van der Waals surface area (Å²) < 4.78 is 8.84. The quantitative estimate of drug-likeness (QED) is 0.490. The highest BCUT2D eigenvalue weighted by atomic mass is 16.5. The first-order chi connectivity index (χ1) is 17.3. The molecule has 2 atom stereocenters. The van der Waals surface area contributed by atoms with E-state index in [9.17, 15) is 14.4 Å². The van der Waals surface area contributed by atoms with Crippen LogP contribution < -0.4 is 16.0 Å². The average Bonchev–Trinajstić information content (AvgIpc) is 3.56. The van der Waals surface area contributed by atoms with E-state index in [1.807, 2.05) is 43.1 Å². The Balaban J connectivity index is 1.39. The summed E-state index contributed by atoms with van der Waals surface area (Å²) in [5.74, 6) is -1.07. The van der Waals surface area contributed by atoms with Gasteiger partial charge in [0.1, 0.15) is 11.7 Å². The van der Waals surface area contributed by atoms with Crippen molar-refractivity contribution in [2.24, 2.45) is 14.1 Å². The van der Waals surface area contributed by atoms with Crippen molar-refractivity contribution in [3.05, 3.63) is 65.7 Å². The van der Waals surface area contributed by atoms with E-state index in [2.05, 4.69) is 21.0 Å². The molecular formula is C26H30N6O4. The standard InChI is InChI=1S/C26H30N6O4/c1-16(17-7-11-31(2)15-17)22(30-23(33)21-6-10-27-32(21)3)24(34)28-18-4-5-19-20(14-18)29-25(35)26(19)8-12-36-13-9-26/h4-7,10-11,14-16,22H,8-9,12-13H2,1-3H3,(H,28,34)(H,29,35)(H,30,33). The average molecular weight is 491 g/mol. The van der Waals surface area contributed by atoms with Gasteiger partial charge < -0.3 is 25.3 Å². The van der Waals surface area contributed by atoms with Gasteiger partial charge in [0, 0.05) is 63.2 Å². The van der Waals surface area contributed by atoms with Crippen molar-refractivity contribution in [3.63, 3.8) is 0 Å². The Morgan fingerprint density at radius 3 is 2.61 bits per heavy atom. The zero-order valence-corrected chi connectivity index (χ0v) is 20.6. The van der Waals surface area contributed by atoms with E-state index in [-0.39, 0.29) is 23.6 Å². The fourth-order valence-electron chi connectivity index (χ4n) is 5.16. The van der Waals surface area contributed by atoms with Crippen LogP contribution in [0.15, 0.2) is 48.9 Å². The Morgan fingerprint density at radius 2 is 1.94 bits per heavy atom. The number of hydrogen-bond donors (Lipinski definition) is 3. The highest BCUT2D eigenvalue weighted by Crippen LogP contribution is 2.45. The number of benzene rings is 1. The second-order valence-electron chi connectivity index (χ2n) is 9.59. The van der Waals surface area contributed by atoms with Gasteiger partial charge in [-0.1, -0.05) is 13.0 Å². The Morgan fingerprint density at radius 1 is 1.17 bits per heavy atom. The summed E-state index contributed by atoms with van der Waals surface area (Å²) in [5, 5.41) is 12.9. The minimum Gasteiger partial charge on any atom is -0.381 e. The summed E-state index contributed by atoms with van der Waals surface area (Å²) in [6.45, 7) is 2.99. The van der Waals surface area contributed by atoms with Crippen LogP contribution in [0.4, 0.5) is 11.4 Å². The molecule has 0 radical (unpaired) electrons. The first-order valence-electron chi connectivity index (χ1n) is 12.0. The van der Waals surface area contributed by atoms with E-state index in [0.29, 0.717) is 43.1 Å².